The van der Waals surface area contributed by atoms with E-state index in [1.54, 1.807) is 21.6 Å². The molecule has 1 spiro atoms. The molecule has 0 aliphatic carbocycles. The van der Waals surface area contributed by atoms with Crippen molar-refractivity contribution in [1.29, 1.82) is 0 Å². The molecule has 2 saturated heterocycles. The second-order valence-electron chi connectivity index (χ2n) is 7.26. The van der Waals surface area contributed by atoms with Crippen LogP contribution < -0.4 is 0 Å². The minimum absolute atomic E-state index is 0.0581. The van der Waals surface area contributed by atoms with Crippen LogP contribution in [0.2, 0.25) is 0 Å². The molecule has 0 saturated carbocycles. The lowest BCUT2D eigenvalue weighted by molar-refractivity contribution is -0.131. The van der Waals surface area contributed by atoms with Crippen LogP contribution in [0.3, 0.4) is 0 Å². The molecule has 2 aliphatic heterocycles. The molecule has 2 fully saturated rings. The number of rotatable bonds is 4. The normalized spacial score (nSPS) is 21.8. The first kappa shape index (κ1) is 19.1. The van der Waals surface area contributed by atoms with Crippen molar-refractivity contribution in [3.63, 3.8) is 0 Å². The highest BCUT2D eigenvalue weighted by Gasteiger charge is 2.53. The highest BCUT2D eigenvalue weighted by atomic mass is 32.2. The van der Waals surface area contributed by atoms with E-state index < -0.39 is 15.7 Å². The van der Waals surface area contributed by atoms with E-state index in [2.05, 4.69) is 5.10 Å². The summed E-state index contributed by atoms with van der Waals surface area (Å²) in [5, 5.41) is 5.25. The van der Waals surface area contributed by atoms with Crippen LogP contribution in [0.4, 0.5) is 0 Å². The van der Waals surface area contributed by atoms with Crippen molar-refractivity contribution < 1.29 is 18.5 Å². The van der Waals surface area contributed by atoms with Gasteiger partial charge < -0.3 is 14.5 Å². The fraction of sp³-hybridized carbons (Fsp3) is 0.526. The Kier molecular flexibility index (Phi) is 4.96. The molecule has 8 nitrogen and oxygen atoms in total. The van der Waals surface area contributed by atoms with Gasteiger partial charge in [-0.3, -0.25) is 18.5 Å². The molecule has 0 bridgehead atoms. The standard InChI is InChI=1S/C19H24N4O4S/c1-21-15-6-4-3-5-14(15)17(20-21)18(25)22-9-7-19(8-10-22)23(11-12-27-2)16(24)13-28(19)26/h3-6H,7-13H2,1-2H3. The van der Waals surface area contributed by atoms with Gasteiger partial charge in [0.25, 0.3) is 5.91 Å². The Balaban J connectivity index is 1.54. The van der Waals surface area contributed by atoms with Crippen LogP contribution in [0.15, 0.2) is 24.3 Å². The number of methoxy groups -OCH3 is 1. The van der Waals surface area contributed by atoms with Crippen molar-refractivity contribution in [2.75, 3.05) is 39.1 Å². The number of aryl methyl sites for hydroxylation is 1. The lowest BCUT2D eigenvalue weighted by Crippen LogP contribution is -2.56. The first-order chi connectivity index (χ1) is 13.5. The number of para-hydroxylation sites is 1. The third kappa shape index (κ3) is 2.93. The van der Waals surface area contributed by atoms with Crippen molar-refractivity contribution in [2.24, 2.45) is 7.05 Å². The number of ether oxygens (including phenoxy) is 1. The maximum atomic E-state index is 13.1. The molecule has 150 valence electrons. The number of hydrogen-bond donors (Lipinski definition) is 0. The molecule has 2 aliphatic rings. The van der Waals surface area contributed by atoms with Crippen molar-refractivity contribution in [2.45, 2.75) is 17.7 Å². The van der Waals surface area contributed by atoms with Gasteiger partial charge in [-0.15, -0.1) is 0 Å². The molecular formula is C19H24N4O4S. The summed E-state index contributed by atoms with van der Waals surface area (Å²) in [5.41, 5.74) is 1.35. The van der Waals surface area contributed by atoms with Gasteiger partial charge in [0.2, 0.25) is 5.91 Å². The number of hydrogen-bond acceptors (Lipinski definition) is 5. The van der Waals surface area contributed by atoms with Gasteiger partial charge in [-0.1, -0.05) is 18.2 Å². The number of nitrogens with zero attached hydrogens (tertiary/aromatic N) is 4. The van der Waals surface area contributed by atoms with E-state index in [4.69, 9.17) is 4.74 Å². The van der Waals surface area contributed by atoms with Crippen LogP contribution >= 0.6 is 0 Å². The molecule has 2 aromatic rings. The van der Waals surface area contributed by atoms with Gasteiger partial charge in [0.1, 0.15) is 10.6 Å². The fourth-order valence-electron chi connectivity index (χ4n) is 4.26. The monoisotopic (exact) mass is 404 g/mol. The zero-order chi connectivity index (χ0) is 19.9. The average molecular weight is 404 g/mol. The summed E-state index contributed by atoms with van der Waals surface area (Å²) in [5.74, 6) is -0.154. The van der Waals surface area contributed by atoms with Crippen molar-refractivity contribution >= 4 is 33.5 Å². The van der Waals surface area contributed by atoms with E-state index in [0.29, 0.717) is 44.8 Å². The van der Waals surface area contributed by atoms with Gasteiger partial charge in [0, 0.05) is 52.0 Å². The van der Waals surface area contributed by atoms with Gasteiger partial charge in [0.15, 0.2) is 5.69 Å². The van der Waals surface area contributed by atoms with Gasteiger partial charge in [-0.2, -0.15) is 5.10 Å². The van der Waals surface area contributed by atoms with E-state index in [9.17, 15) is 13.8 Å². The van der Waals surface area contributed by atoms with E-state index >= 15 is 0 Å². The zero-order valence-corrected chi connectivity index (χ0v) is 16.9. The number of amides is 2. The summed E-state index contributed by atoms with van der Waals surface area (Å²) in [6.45, 7) is 1.74. The Bertz CT molecular complexity index is 949. The summed E-state index contributed by atoms with van der Waals surface area (Å²) in [4.78, 5) is 28.2. The third-order valence-electron chi connectivity index (χ3n) is 5.78. The molecule has 2 amide bonds. The van der Waals surface area contributed by atoms with Crippen molar-refractivity contribution in [3.8, 4) is 0 Å². The highest BCUT2D eigenvalue weighted by Crippen LogP contribution is 2.37. The van der Waals surface area contributed by atoms with Crippen LogP contribution in [0.25, 0.3) is 10.9 Å². The molecule has 1 aromatic heterocycles. The largest absolute Gasteiger partial charge is 0.383 e. The quantitative estimate of drug-likeness (QED) is 0.751. The number of carbonyl (C=O) groups excluding carboxylic acids is 2. The van der Waals surface area contributed by atoms with Crippen LogP contribution in [-0.4, -0.2) is 79.6 Å². The Morgan fingerprint density at radius 1 is 1.29 bits per heavy atom. The van der Waals surface area contributed by atoms with Gasteiger partial charge >= 0.3 is 0 Å². The summed E-state index contributed by atoms with van der Waals surface area (Å²) in [6, 6.07) is 7.65. The number of aromatic nitrogens is 2. The van der Waals surface area contributed by atoms with E-state index in [1.165, 1.54) is 0 Å². The number of carbonyl (C=O) groups is 2. The topological polar surface area (TPSA) is 84.7 Å². The number of benzene rings is 1. The zero-order valence-electron chi connectivity index (χ0n) is 16.1. The maximum absolute atomic E-state index is 13.1. The predicted molar refractivity (Wildman–Crippen MR) is 105 cm³/mol. The Labute approximate surface area is 165 Å². The summed E-state index contributed by atoms with van der Waals surface area (Å²) < 4.78 is 19.6. The van der Waals surface area contributed by atoms with E-state index in [0.717, 1.165) is 10.9 Å². The molecule has 0 radical (unpaired) electrons. The van der Waals surface area contributed by atoms with Crippen molar-refractivity contribution in [1.82, 2.24) is 19.6 Å². The minimum atomic E-state index is -1.26. The van der Waals surface area contributed by atoms with Crippen LogP contribution in [-0.2, 0) is 27.4 Å². The Morgan fingerprint density at radius 2 is 2.00 bits per heavy atom. The first-order valence-electron chi connectivity index (χ1n) is 9.37. The van der Waals surface area contributed by atoms with Crippen LogP contribution in [0, 0.1) is 0 Å². The smallest absolute Gasteiger partial charge is 0.275 e. The molecule has 4 rings (SSSR count). The third-order valence-corrected chi connectivity index (χ3v) is 7.77. The molecule has 1 atom stereocenters. The Hall–Kier alpha value is -2.26. The average Bonchev–Trinajstić information content (AvgIpc) is 3.15. The summed E-state index contributed by atoms with van der Waals surface area (Å²) in [6.07, 6.45) is 1.01. The van der Waals surface area contributed by atoms with Gasteiger partial charge in [0.05, 0.1) is 22.9 Å². The molecule has 9 heteroatoms. The molecule has 1 unspecified atom stereocenters. The van der Waals surface area contributed by atoms with Crippen LogP contribution in [0.5, 0.6) is 0 Å². The minimum Gasteiger partial charge on any atom is -0.383 e. The number of piperidine rings is 1. The molecular weight excluding hydrogens is 380 g/mol. The van der Waals surface area contributed by atoms with Gasteiger partial charge in [-0.25, -0.2) is 0 Å². The van der Waals surface area contributed by atoms with E-state index in [1.807, 2.05) is 31.3 Å². The van der Waals surface area contributed by atoms with Crippen molar-refractivity contribution in [3.05, 3.63) is 30.0 Å². The SMILES string of the molecule is COCCN1C(=O)CS(=O)C12CCN(C(=O)c1nn(C)c3ccccc13)CC2. The van der Waals surface area contributed by atoms with Crippen LogP contribution in [0.1, 0.15) is 23.3 Å². The highest BCUT2D eigenvalue weighted by molar-refractivity contribution is 7.87. The maximum Gasteiger partial charge on any atom is 0.275 e. The molecule has 28 heavy (non-hydrogen) atoms. The molecule has 0 N–H and O–H groups in total. The van der Waals surface area contributed by atoms with E-state index in [-0.39, 0.29) is 17.6 Å². The Morgan fingerprint density at radius 3 is 2.71 bits per heavy atom. The molecule has 1 aromatic carbocycles. The fourth-order valence-corrected chi connectivity index (χ4v) is 5.99. The predicted octanol–water partition coefficient (Wildman–Crippen LogP) is 0.743. The lowest BCUT2D eigenvalue weighted by atomic mass is 10.0. The first-order valence-corrected chi connectivity index (χ1v) is 10.7. The lowest BCUT2D eigenvalue weighted by Gasteiger charge is -2.43. The van der Waals surface area contributed by atoms with Gasteiger partial charge in [-0.05, 0) is 6.07 Å². The summed E-state index contributed by atoms with van der Waals surface area (Å²) in [7, 11) is 2.15. The summed E-state index contributed by atoms with van der Waals surface area (Å²) >= 11 is 0. The molecule has 3 heterocycles. The number of fused-ring (bicyclic) bond motifs is 1. The second-order valence-corrected chi connectivity index (χ2v) is 9.00. The number of likely N-dealkylation sites (tertiary alicyclic amines) is 1. The second kappa shape index (κ2) is 7.29.